The Hall–Kier alpha value is -2.24. The average Bonchev–Trinajstić information content (AvgIpc) is 2.52. The quantitative estimate of drug-likeness (QED) is 0.849. The number of rotatable bonds is 2. The van der Waals surface area contributed by atoms with Crippen molar-refractivity contribution in [2.24, 2.45) is 5.41 Å². The van der Waals surface area contributed by atoms with Gasteiger partial charge >= 0.3 is 0 Å². The number of hydrogen-bond acceptors (Lipinski definition) is 2. The highest BCUT2D eigenvalue weighted by atomic mass is 16.5. The third-order valence-corrected chi connectivity index (χ3v) is 3.75. The smallest absolute Gasteiger partial charge is 0.156 e. The molecule has 0 aliphatic carbocycles. The van der Waals surface area contributed by atoms with E-state index in [1.54, 1.807) is 7.11 Å². The van der Waals surface area contributed by atoms with Gasteiger partial charge < -0.3 is 9.84 Å². The molecule has 114 valence electrons. The van der Waals surface area contributed by atoms with Gasteiger partial charge in [0.05, 0.1) is 7.11 Å². The van der Waals surface area contributed by atoms with Crippen molar-refractivity contribution in [3.05, 3.63) is 65.7 Å². The number of ether oxygens (including phenoxy) is 1. The highest BCUT2D eigenvalue weighted by Crippen LogP contribution is 2.39. The first-order chi connectivity index (χ1) is 10.4. The van der Waals surface area contributed by atoms with Gasteiger partial charge in [0.2, 0.25) is 0 Å². The van der Waals surface area contributed by atoms with Crippen LogP contribution in [-0.4, -0.2) is 12.2 Å². The minimum Gasteiger partial charge on any atom is -0.497 e. The Bertz CT molecular complexity index is 670. The van der Waals surface area contributed by atoms with Crippen LogP contribution in [0.2, 0.25) is 0 Å². The van der Waals surface area contributed by atoms with Crippen LogP contribution in [0.25, 0.3) is 0 Å². The molecule has 0 bridgehead atoms. The molecule has 0 fully saturated rings. The van der Waals surface area contributed by atoms with Crippen LogP contribution in [0.4, 0.5) is 0 Å². The molecule has 1 N–H and O–H groups in total. The summed E-state index contributed by atoms with van der Waals surface area (Å²) >= 11 is 0. The summed E-state index contributed by atoms with van der Waals surface area (Å²) in [5.74, 6) is 6.92. The van der Waals surface area contributed by atoms with Gasteiger partial charge in [-0.15, -0.1) is 0 Å². The first-order valence-electron chi connectivity index (χ1n) is 7.32. The van der Waals surface area contributed by atoms with Crippen LogP contribution in [0, 0.1) is 17.3 Å². The van der Waals surface area contributed by atoms with Gasteiger partial charge in [-0.1, -0.05) is 62.9 Å². The van der Waals surface area contributed by atoms with Gasteiger partial charge in [0.15, 0.2) is 5.60 Å². The molecule has 2 nitrogen and oxygen atoms in total. The van der Waals surface area contributed by atoms with Crippen molar-refractivity contribution in [1.29, 1.82) is 0 Å². The zero-order chi connectivity index (χ0) is 16.2. The zero-order valence-corrected chi connectivity index (χ0v) is 13.6. The predicted molar refractivity (Wildman–Crippen MR) is 89.7 cm³/mol. The van der Waals surface area contributed by atoms with E-state index in [0.29, 0.717) is 0 Å². The fraction of sp³-hybridized carbons (Fsp3) is 0.300. The molecule has 0 aromatic heterocycles. The van der Waals surface area contributed by atoms with Crippen molar-refractivity contribution in [2.45, 2.75) is 26.4 Å². The van der Waals surface area contributed by atoms with E-state index in [1.165, 1.54) is 0 Å². The van der Waals surface area contributed by atoms with Crippen molar-refractivity contribution < 1.29 is 9.84 Å². The van der Waals surface area contributed by atoms with E-state index in [1.807, 2.05) is 75.4 Å². The molecule has 2 heteroatoms. The van der Waals surface area contributed by atoms with Crippen molar-refractivity contribution in [1.82, 2.24) is 0 Å². The molecule has 2 aromatic rings. The van der Waals surface area contributed by atoms with Crippen LogP contribution in [0.15, 0.2) is 54.6 Å². The van der Waals surface area contributed by atoms with Crippen LogP contribution in [0.3, 0.4) is 0 Å². The second-order valence-corrected chi connectivity index (χ2v) is 6.30. The highest BCUT2D eigenvalue weighted by molar-refractivity contribution is 5.42. The van der Waals surface area contributed by atoms with Crippen LogP contribution >= 0.6 is 0 Å². The fourth-order valence-electron chi connectivity index (χ4n) is 2.21. The molecule has 0 aliphatic heterocycles. The Morgan fingerprint density at radius 1 is 0.909 bits per heavy atom. The summed E-state index contributed by atoms with van der Waals surface area (Å²) in [7, 11) is 1.63. The fourth-order valence-corrected chi connectivity index (χ4v) is 2.21. The van der Waals surface area contributed by atoms with E-state index in [9.17, 15) is 5.11 Å². The maximum atomic E-state index is 11.2. The maximum absolute atomic E-state index is 11.2. The molecule has 22 heavy (non-hydrogen) atoms. The largest absolute Gasteiger partial charge is 0.497 e. The summed E-state index contributed by atoms with van der Waals surface area (Å²) in [6.45, 7) is 5.95. The van der Waals surface area contributed by atoms with Crippen molar-refractivity contribution >= 4 is 0 Å². The van der Waals surface area contributed by atoms with Crippen molar-refractivity contribution in [3.63, 3.8) is 0 Å². The van der Waals surface area contributed by atoms with Crippen LogP contribution < -0.4 is 4.74 Å². The number of methoxy groups -OCH3 is 1. The standard InChI is InChI=1S/C20H22O2/c1-19(2,3)20(21,15-14-16-8-6-5-7-9-16)17-10-12-18(22-4)13-11-17/h5-13,21H,1-4H3. The molecule has 0 saturated carbocycles. The molecule has 1 unspecified atom stereocenters. The van der Waals surface area contributed by atoms with Gasteiger partial charge in [0.25, 0.3) is 0 Å². The molecule has 1 atom stereocenters. The maximum Gasteiger partial charge on any atom is 0.156 e. The molecular weight excluding hydrogens is 272 g/mol. The number of hydrogen-bond donors (Lipinski definition) is 1. The molecule has 2 aromatic carbocycles. The molecule has 0 aliphatic rings. The molecule has 0 spiro atoms. The van der Waals surface area contributed by atoms with Gasteiger partial charge in [-0.2, -0.15) is 0 Å². The van der Waals surface area contributed by atoms with E-state index in [0.717, 1.165) is 16.9 Å². The molecule has 2 rings (SSSR count). The van der Waals surface area contributed by atoms with Gasteiger partial charge in [0.1, 0.15) is 5.75 Å². The number of aliphatic hydroxyl groups is 1. The highest BCUT2D eigenvalue weighted by Gasteiger charge is 2.40. The predicted octanol–water partition coefficient (Wildman–Crippen LogP) is 3.98. The molecule has 0 amide bonds. The Balaban J connectivity index is 2.47. The lowest BCUT2D eigenvalue weighted by Crippen LogP contribution is -2.38. The summed E-state index contributed by atoms with van der Waals surface area (Å²) in [6, 6.07) is 17.1. The lowest BCUT2D eigenvalue weighted by Gasteiger charge is -2.36. The van der Waals surface area contributed by atoms with E-state index >= 15 is 0 Å². The summed E-state index contributed by atoms with van der Waals surface area (Å²) in [5.41, 5.74) is -0.0127. The van der Waals surface area contributed by atoms with E-state index < -0.39 is 11.0 Å². The Morgan fingerprint density at radius 3 is 2.00 bits per heavy atom. The summed E-state index contributed by atoms with van der Waals surface area (Å²) < 4.78 is 5.18. The van der Waals surface area contributed by atoms with Gasteiger partial charge in [-0.3, -0.25) is 0 Å². The third kappa shape index (κ3) is 3.32. The molecule has 0 heterocycles. The Kier molecular flexibility index (Phi) is 4.59. The topological polar surface area (TPSA) is 29.5 Å². The molecule has 0 radical (unpaired) electrons. The van der Waals surface area contributed by atoms with Crippen LogP contribution in [0.1, 0.15) is 31.9 Å². The summed E-state index contributed by atoms with van der Waals surface area (Å²) in [6.07, 6.45) is 0. The van der Waals surface area contributed by atoms with E-state index in [2.05, 4.69) is 11.8 Å². The molecule has 0 saturated heterocycles. The minimum absolute atomic E-state index is 0.427. The van der Waals surface area contributed by atoms with Crippen molar-refractivity contribution in [2.75, 3.05) is 7.11 Å². The van der Waals surface area contributed by atoms with E-state index in [4.69, 9.17) is 4.74 Å². The Morgan fingerprint density at radius 2 is 1.50 bits per heavy atom. The third-order valence-electron chi connectivity index (χ3n) is 3.75. The molecular formula is C20H22O2. The Labute approximate surface area is 132 Å². The van der Waals surface area contributed by atoms with E-state index in [-0.39, 0.29) is 0 Å². The monoisotopic (exact) mass is 294 g/mol. The SMILES string of the molecule is COc1ccc(C(O)(C#Cc2ccccc2)C(C)(C)C)cc1. The average molecular weight is 294 g/mol. The lowest BCUT2D eigenvalue weighted by molar-refractivity contribution is -0.00903. The van der Waals surface area contributed by atoms with Crippen molar-refractivity contribution in [3.8, 4) is 17.6 Å². The van der Waals surface area contributed by atoms with Crippen LogP contribution in [0.5, 0.6) is 5.75 Å². The second kappa shape index (κ2) is 6.25. The van der Waals surface area contributed by atoms with Gasteiger partial charge in [-0.05, 0) is 29.8 Å². The van der Waals surface area contributed by atoms with Crippen LogP contribution in [-0.2, 0) is 5.60 Å². The normalized spacial score (nSPS) is 13.7. The van der Waals surface area contributed by atoms with Gasteiger partial charge in [0, 0.05) is 11.0 Å². The first-order valence-corrected chi connectivity index (χ1v) is 7.32. The second-order valence-electron chi connectivity index (χ2n) is 6.30. The minimum atomic E-state index is -1.24. The number of benzene rings is 2. The summed E-state index contributed by atoms with van der Waals surface area (Å²) in [4.78, 5) is 0. The first kappa shape index (κ1) is 16.1. The van der Waals surface area contributed by atoms with Gasteiger partial charge in [-0.25, -0.2) is 0 Å². The lowest BCUT2D eigenvalue weighted by atomic mass is 9.72. The zero-order valence-electron chi connectivity index (χ0n) is 13.6. The summed E-state index contributed by atoms with van der Waals surface area (Å²) in [5, 5.41) is 11.2.